The Morgan fingerprint density at radius 2 is 1.83 bits per heavy atom. The van der Waals surface area contributed by atoms with Crippen LogP contribution in [0, 0.1) is 0 Å². The Morgan fingerprint density at radius 1 is 1.04 bits per heavy atom. The molecular formula is C18H16BrN3OS. The van der Waals surface area contributed by atoms with E-state index in [-0.39, 0.29) is 5.91 Å². The summed E-state index contributed by atoms with van der Waals surface area (Å²) in [6.45, 7) is 3.08. The van der Waals surface area contributed by atoms with Gasteiger partial charge in [-0.1, -0.05) is 45.5 Å². The standard InChI is InChI=1S/C18H16BrN3OS/c19-14-5-3-4-13(12-14)17(23)21-8-10-22(11-9-21)18-20-15-6-1-2-7-16(15)24-18/h1-7,12H,8-11H2. The third-order valence-electron chi connectivity index (χ3n) is 4.19. The highest BCUT2D eigenvalue weighted by Crippen LogP contribution is 2.29. The first kappa shape index (κ1) is 15.6. The highest BCUT2D eigenvalue weighted by Gasteiger charge is 2.23. The van der Waals surface area contributed by atoms with E-state index in [1.54, 1.807) is 11.3 Å². The Hall–Kier alpha value is -1.92. The van der Waals surface area contributed by atoms with Gasteiger partial charge in [0.1, 0.15) is 0 Å². The van der Waals surface area contributed by atoms with Crippen LogP contribution in [0.25, 0.3) is 10.2 Å². The molecule has 1 aliphatic rings. The Labute approximate surface area is 152 Å². The van der Waals surface area contributed by atoms with Gasteiger partial charge in [0.05, 0.1) is 10.2 Å². The maximum atomic E-state index is 12.6. The van der Waals surface area contributed by atoms with E-state index >= 15 is 0 Å². The number of hydrogen-bond acceptors (Lipinski definition) is 4. The molecule has 0 spiro atoms. The summed E-state index contributed by atoms with van der Waals surface area (Å²) < 4.78 is 2.14. The second-order valence-electron chi connectivity index (χ2n) is 5.75. The monoisotopic (exact) mass is 401 g/mol. The molecule has 0 atom stereocenters. The average Bonchev–Trinajstić information content (AvgIpc) is 3.05. The number of aromatic nitrogens is 1. The van der Waals surface area contributed by atoms with Gasteiger partial charge in [0.2, 0.25) is 0 Å². The number of benzene rings is 2. The molecule has 0 radical (unpaired) electrons. The number of rotatable bonds is 2. The van der Waals surface area contributed by atoms with E-state index in [1.807, 2.05) is 47.4 Å². The van der Waals surface area contributed by atoms with E-state index in [2.05, 4.69) is 26.9 Å². The number of thiazole rings is 1. The van der Waals surface area contributed by atoms with E-state index < -0.39 is 0 Å². The third kappa shape index (κ3) is 3.03. The molecule has 2 heterocycles. The summed E-state index contributed by atoms with van der Waals surface area (Å²) >= 11 is 5.14. The molecule has 0 bridgehead atoms. The van der Waals surface area contributed by atoms with E-state index in [1.165, 1.54) is 4.70 Å². The van der Waals surface area contributed by atoms with Crippen molar-refractivity contribution in [2.75, 3.05) is 31.1 Å². The molecule has 122 valence electrons. The maximum Gasteiger partial charge on any atom is 0.254 e. The minimum Gasteiger partial charge on any atom is -0.345 e. The van der Waals surface area contributed by atoms with Crippen LogP contribution in [-0.2, 0) is 0 Å². The van der Waals surface area contributed by atoms with Crippen molar-refractivity contribution < 1.29 is 4.79 Å². The lowest BCUT2D eigenvalue weighted by molar-refractivity contribution is 0.0746. The number of carbonyl (C=O) groups excluding carboxylic acids is 1. The predicted octanol–water partition coefficient (Wildman–Crippen LogP) is 4.02. The van der Waals surface area contributed by atoms with Gasteiger partial charge >= 0.3 is 0 Å². The zero-order valence-electron chi connectivity index (χ0n) is 13.0. The molecule has 0 aliphatic carbocycles. The lowest BCUT2D eigenvalue weighted by atomic mass is 10.2. The van der Waals surface area contributed by atoms with Crippen LogP contribution in [0.4, 0.5) is 5.13 Å². The van der Waals surface area contributed by atoms with Gasteiger partial charge in [0.25, 0.3) is 5.91 Å². The van der Waals surface area contributed by atoms with Crippen LogP contribution >= 0.6 is 27.3 Å². The van der Waals surface area contributed by atoms with Crippen molar-refractivity contribution in [2.24, 2.45) is 0 Å². The number of halogens is 1. The van der Waals surface area contributed by atoms with Crippen molar-refractivity contribution in [3.8, 4) is 0 Å². The van der Waals surface area contributed by atoms with Gasteiger partial charge in [-0.05, 0) is 30.3 Å². The van der Waals surface area contributed by atoms with Gasteiger partial charge < -0.3 is 9.80 Å². The van der Waals surface area contributed by atoms with Crippen LogP contribution < -0.4 is 4.90 Å². The number of anilines is 1. The van der Waals surface area contributed by atoms with Crippen LogP contribution in [0.1, 0.15) is 10.4 Å². The fourth-order valence-electron chi connectivity index (χ4n) is 2.90. The second kappa shape index (κ2) is 6.53. The zero-order valence-corrected chi connectivity index (χ0v) is 15.4. The molecule has 0 saturated carbocycles. The first-order chi connectivity index (χ1) is 11.7. The van der Waals surface area contributed by atoms with Crippen LogP contribution in [0.15, 0.2) is 53.0 Å². The highest BCUT2D eigenvalue weighted by atomic mass is 79.9. The predicted molar refractivity (Wildman–Crippen MR) is 102 cm³/mol. The molecule has 6 heteroatoms. The van der Waals surface area contributed by atoms with Crippen LogP contribution in [-0.4, -0.2) is 42.0 Å². The first-order valence-electron chi connectivity index (χ1n) is 7.86. The van der Waals surface area contributed by atoms with Crippen LogP contribution in [0.2, 0.25) is 0 Å². The van der Waals surface area contributed by atoms with E-state index in [9.17, 15) is 4.79 Å². The number of fused-ring (bicyclic) bond motifs is 1. The van der Waals surface area contributed by atoms with E-state index in [0.29, 0.717) is 0 Å². The van der Waals surface area contributed by atoms with Gasteiger partial charge in [-0.15, -0.1) is 0 Å². The van der Waals surface area contributed by atoms with Gasteiger partial charge in [-0.3, -0.25) is 4.79 Å². The second-order valence-corrected chi connectivity index (χ2v) is 7.68. The quantitative estimate of drug-likeness (QED) is 0.650. The summed E-state index contributed by atoms with van der Waals surface area (Å²) in [5, 5.41) is 1.05. The Morgan fingerprint density at radius 3 is 2.58 bits per heavy atom. The molecular weight excluding hydrogens is 386 g/mol. The normalized spacial score (nSPS) is 15.0. The van der Waals surface area contributed by atoms with Crippen molar-refractivity contribution in [3.63, 3.8) is 0 Å². The molecule has 0 N–H and O–H groups in total. The summed E-state index contributed by atoms with van der Waals surface area (Å²) in [5.41, 5.74) is 1.78. The Bertz CT molecular complexity index is 854. The number of para-hydroxylation sites is 1. The molecule has 0 unspecified atom stereocenters. The van der Waals surface area contributed by atoms with Crippen molar-refractivity contribution >= 4 is 48.5 Å². The molecule has 2 aromatic carbocycles. The van der Waals surface area contributed by atoms with Crippen molar-refractivity contribution in [1.82, 2.24) is 9.88 Å². The van der Waals surface area contributed by atoms with Crippen LogP contribution in [0.5, 0.6) is 0 Å². The number of hydrogen-bond donors (Lipinski definition) is 0. The van der Waals surface area contributed by atoms with Gasteiger partial charge in [0, 0.05) is 36.2 Å². The van der Waals surface area contributed by atoms with E-state index in [4.69, 9.17) is 4.98 Å². The lowest BCUT2D eigenvalue weighted by Crippen LogP contribution is -2.48. The lowest BCUT2D eigenvalue weighted by Gasteiger charge is -2.34. The molecule has 4 rings (SSSR count). The third-order valence-corrected chi connectivity index (χ3v) is 5.78. The maximum absolute atomic E-state index is 12.6. The average molecular weight is 402 g/mol. The van der Waals surface area contributed by atoms with Crippen molar-refractivity contribution in [2.45, 2.75) is 0 Å². The van der Waals surface area contributed by atoms with E-state index in [0.717, 1.165) is 46.9 Å². The summed E-state index contributed by atoms with van der Waals surface area (Å²) in [4.78, 5) is 21.5. The molecule has 1 amide bonds. The fraction of sp³-hybridized carbons (Fsp3) is 0.222. The Balaban J connectivity index is 1.45. The van der Waals surface area contributed by atoms with Crippen molar-refractivity contribution in [1.29, 1.82) is 0 Å². The zero-order chi connectivity index (χ0) is 16.5. The SMILES string of the molecule is O=C(c1cccc(Br)c1)N1CCN(c2nc3ccccc3s2)CC1. The fourth-order valence-corrected chi connectivity index (χ4v) is 4.32. The molecule has 1 fully saturated rings. The first-order valence-corrected chi connectivity index (χ1v) is 9.47. The molecule has 24 heavy (non-hydrogen) atoms. The number of piperazine rings is 1. The molecule has 4 nitrogen and oxygen atoms in total. The minimum atomic E-state index is 0.0975. The Kier molecular flexibility index (Phi) is 4.24. The highest BCUT2D eigenvalue weighted by molar-refractivity contribution is 9.10. The number of nitrogens with zero attached hydrogens (tertiary/aromatic N) is 3. The number of amides is 1. The summed E-state index contributed by atoms with van der Waals surface area (Å²) in [6, 6.07) is 15.8. The largest absolute Gasteiger partial charge is 0.345 e. The van der Waals surface area contributed by atoms with Crippen molar-refractivity contribution in [3.05, 3.63) is 58.6 Å². The molecule has 1 aromatic heterocycles. The smallest absolute Gasteiger partial charge is 0.254 e. The molecule has 3 aromatic rings. The van der Waals surface area contributed by atoms with Gasteiger partial charge in [-0.25, -0.2) is 4.98 Å². The molecule has 1 aliphatic heterocycles. The minimum absolute atomic E-state index is 0.0975. The van der Waals surface area contributed by atoms with Crippen LogP contribution in [0.3, 0.4) is 0 Å². The summed E-state index contributed by atoms with van der Waals surface area (Å²) in [6.07, 6.45) is 0. The topological polar surface area (TPSA) is 36.4 Å². The number of carbonyl (C=O) groups is 1. The van der Waals surface area contributed by atoms with Gasteiger partial charge in [-0.2, -0.15) is 0 Å². The molecule has 1 saturated heterocycles. The van der Waals surface area contributed by atoms with Gasteiger partial charge in [0.15, 0.2) is 5.13 Å². The summed E-state index contributed by atoms with van der Waals surface area (Å²) in [7, 11) is 0. The summed E-state index contributed by atoms with van der Waals surface area (Å²) in [5.74, 6) is 0.0975.